The van der Waals surface area contributed by atoms with Crippen molar-refractivity contribution in [1.29, 1.82) is 0 Å². The first-order valence-electron chi connectivity index (χ1n) is 6.26. The summed E-state index contributed by atoms with van der Waals surface area (Å²) < 4.78 is 0. The summed E-state index contributed by atoms with van der Waals surface area (Å²) in [6.07, 6.45) is 1.91. The molecule has 0 spiro atoms. The summed E-state index contributed by atoms with van der Waals surface area (Å²) in [6.45, 7) is 5.62. The third-order valence-electron chi connectivity index (χ3n) is 2.51. The second kappa shape index (κ2) is 7.21. The van der Waals surface area contributed by atoms with Crippen molar-refractivity contribution in [2.24, 2.45) is 0 Å². The second-order valence-electron chi connectivity index (χ2n) is 4.18. The van der Waals surface area contributed by atoms with E-state index in [-0.39, 0.29) is 5.91 Å². The van der Waals surface area contributed by atoms with E-state index >= 15 is 0 Å². The predicted molar refractivity (Wildman–Crippen MR) is 75.3 cm³/mol. The Morgan fingerprint density at radius 1 is 1.39 bits per heavy atom. The average Bonchev–Trinajstić information content (AvgIpc) is 2.37. The Morgan fingerprint density at radius 2 is 2.11 bits per heavy atom. The fourth-order valence-corrected chi connectivity index (χ4v) is 1.75. The largest absolute Gasteiger partial charge is 0.370 e. The smallest absolute Gasteiger partial charge is 0.273 e. The summed E-state index contributed by atoms with van der Waals surface area (Å²) in [5, 5.41) is 3.54. The lowest BCUT2D eigenvalue weighted by atomic mass is 10.3. The Kier molecular flexibility index (Phi) is 5.92. The predicted octanol–water partition coefficient (Wildman–Crippen LogP) is 3.04. The van der Waals surface area contributed by atoms with E-state index in [9.17, 15) is 4.79 Å². The molecule has 4 nitrogen and oxygen atoms in total. The molecule has 0 atom stereocenters. The van der Waals surface area contributed by atoms with Crippen LogP contribution in [0.2, 0.25) is 5.02 Å². The molecule has 0 bridgehead atoms. The summed E-state index contributed by atoms with van der Waals surface area (Å²) in [5.41, 5.74) is 0.314. The number of nitrogens with zero attached hydrogens (tertiary/aromatic N) is 2. The zero-order chi connectivity index (χ0) is 13.5. The van der Waals surface area contributed by atoms with Crippen molar-refractivity contribution in [3.63, 3.8) is 0 Å². The lowest BCUT2D eigenvalue weighted by molar-refractivity contribution is 0.0789. The van der Waals surface area contributed by atoms with Crippen LogP contribution in [0.25, 0.3) is 0 Å². The normalized spacial score (nSPS) is 10.2. The van der Waals surface area contributed by atoms with Crippen LogP contribution >= 0.6 is 11.6 Å². The van der Waals surface area contributed by atoms with Crippen molar-refractivity contribution < 1.29 is 4.79 Å². The zero-order valence-corrected chi connectivity index (χ0v) is 11.9. The highest BCUT2D eigenvalue weighted by Crippen LogP contribution is 2.18. The van der Waals surface area contributed by atoms with Crippen molar-refractivity contribution in [2.45, 2.75) is 26.7 Å². The molecule has 1 aromatic rings. The minimum absolute atomic E-state index is 0.137. The highest BCUT2D eigenvalue weighted by Gasteiger charge is 2.16. The van der Waals surface area contributed by atoms with Crippen molar-refractivity contribution in [2.75, 3.05) is 25.5 Å². The number of halogens is 1. The third kappa shape index (κ3) is 3.88. The molecule has 1 heterocycles. The van der Waals surface area contributed by atoms with Gasteiger partial charge >= 0.3 is 0 Å². The number of rotatable bonds is 6. The second-order valence-corrected chi connectivity index (χ2v) is 4.59. The average molecular weight is 270 g/mol. The van der Waals surface area contributed by atoms with Gasteiger partial charge in [-0.15, -0.1) is 0 Å². The van der Waals surface area contributed by atoms with E-state index in [0.29, 0.717) is 23.1 Å². The van der Waals surface area contributed by atoms with E-state index in [2.05, 4.69) is 17.2 Å². The van der Waals surface area contributed by atoms with Crippen LogP contribution in [0.3, 0.4) is 0 Å². The monoisotopic (exact) mass is 269 g/mol. The van der Waals surface area contributed by atoms with Gasteiger partial charge in [-0.1, -0.05) is 25.4 Å². The van der Waals surface area contributed by atoms with Crippen LogP contribution in [0.15, 0.2) is 12.1 Å². The molecule has 0 radical (unpaired) electrons. The molecular formula is C13H20ClN3O. The van der Waals surface area contributed by atoms with Gasteiger partial charge in [0.1, 0.15) is 11.5 Å². The molecule has 0 unspecified atom stereocenters. The van der Waals surface area contributed by atoms with Gasteiger partial charge in [-0.25, -0.2) is 4.98 Å². The third-order valence-corrected chi connectivity index (χ3v) is 2.82. The summed E-state index contributed by atoms with van der Waals surface area (Å²) in [7, 11) is 1.76. The molecule has 0 aliphatic carbocycles. The van der Waals surface area contributed by atoms with Gasteiger partial charge < -0.3 is 10.2 Å². The number of carbonyl (C=O) groups is 1. The van der Waals surface area contributed by atoms with E-state index in [0.717, 1.165) is 19.4 Å². The van der Waals surface area contributed by atoms with Gasteiger partial charge in [0.2, 0.25) is 0 Å². The van der Waals surface area contributed by atoms with E-state index in [4.69, 9.17) is 11.6 Å². The first-order chi connectivity index (χ1) is 8.60. The van der Waals surface area contributed by atoms with Crippen molar-refractivity contribution >= 4 is 23.3 Å². The Bertz CT molecular complexity index is 409. The molecular weight excluding hydrogens is 250 g/mol. The van der Waals surface area contributed by atoms with Gasteiger partial charge in [-0.3, -0.25) is 4.79 Å². The van der Waals surface area contributed by atoms with E-state index < -0.39 is 0 Å². The van der Waals surface area contributed by atoms with E-state index in [1.165, 1.54) is 0 Å². The number of hydrogen-bond acceptors (Lipinski definition) is 3. The standard InChI is InChI=1S/C13H20ClN3O/c1-4-8-15-11-7-6-10(14)12(16-11)13(18)17(3)9-5-2/h6-7H,4-5,8-9H2,1-3H3,(H,15,16). The molecule has 1 rings (SSSR count). The molecule has 18 heavy (non-hydrogen) atoms. The fourth-order valence-electron chi connectivity index (χ4n) is 1.56. The van der Waals surface area contributed by atoms with Gasteiger partial charge in [0.25, 0.3) is 5.91 Å². The number of hydrogen-bond donors (Lipinski definition) is 1. The molecule has 1 amide bonds. The lowest BCUT2D eigenvalue weighted by Crippen LogP contribution is -2.28. The first-order valence-corrected chi connectivity index (χ1v) is 6.63. The minimum Gasteiger partial charge on any atom is -0.370 e. The van der Waals surface area contributed by atoms with Crippen LogP contribution < -0.4 is 5.32 Å². The Hall–Kier alpha value is -1.29. The number of amides is 1. The summed E-state index contributed by atoms with van der Waals surface area (Å²) in [6, 6.07) is 3.49. The van der Waals surface area contributed by atoms with Crippen molar-refractivity contribution in [3.05, 3.63) is 22.8 Å². The van der Waals surface area contributed by atoms with Crippen LogP contribution in [0, 0.1) is 0 Å². The maximum Gasteiger partial charge on any atom is 0.273 e. The zero-order valence-electron chi connectivity index (χ0n) is 11.2. The summed E-state index contributed by atoms with van der Waals surface area (Å²) in [5.74, 6) is 0.552. The highest BCUT2D eigenvalue weighted by molar-refractivity contribution is 6.33. The summed E-state index contributed by atoms with van der Waals surface area (Å²) >= 11 is 6.03. The molecule has 1 N–H and O–H groups in total. The molecule has 0 aliphatic rings. The van der Waals surface area contributed by atoms with Gasteiger partial charge in [0.15, 0.2) is 0 Å². The van der Waals surface area contributed by atoms with Gasteiger partial charge in [-0.05, 0) is 25.0 Å². The van der Waals surface area contributed by atoms with Crippen LogP contribution in [0.5, 0.6) is 0 Å². The molecule has 0 aliphatic heterocycles. The molecule has 0 saturated carbocycles. The number of pyridine rings is 1. The number of aromatic nitrogens is 1. The first kappa shape index (κ1) is 14.8. The molecule has 1 aromatic heterocycles. The SMILES string of the molecule is CCCNc1ccc(Cl)c(C(=O)N(C)CCC)n1. The van der Waals surface area contributed by atoms with Crippen LogP contribution in [-0.2, 0) is 0 Å². The Balaban J connectivity index is 2.89. The van der Waals surface area contributed by atoms with Crippen LogP contribution in [0.4, 0.5) is 5.82 Å². The molecule has 0 aromatic carbocycles. The minimum atomic E-state index is -0.137. The molecule has 0 fully saturated rings. The number of anilines is 1. The topological polar surface area (TPSA) is 45.2 Å². The molecule has 100 valence electrons. The quantitative estimate of drug-likeness (QED) is 0.863. The molecule has 0 saturated heterocycles. The van der Waals surface area contributed by atoms with E-state index in [1.54, 1.807) is 24.1 Å². The van der Waals surface area contributed by atoms with Gasteiger partial charge in [-0.2, -0.15) is 0 Å². The lowest BCUT2D eigenvalue weighted by Gasteiger charge is -2.16. The van der Waals surface area contributed by atoms with Crippen LogP contribution in [0.1, 0.15) is 37.2 Å². The Morgan fingerprint density at radius 3 is 2.72 bits per heavy atom. The fraction of sp³-hybridized carbons (Fsp3) is 0.538. The Labute approximate surface area is 113 Å². The van der Waals surface area contributed by atoms with Crippen LogP contribution in [-0.4, -0.2) is 35.9 Å². The maximum atomic E-state index is 12.1. The maximum absolute atomic E-state index is 12.1. The van der Waals surface area contributed by atoms with Crippen molar-refractivity contribution in [1.82, 2.24) is 9.88 Å². The van der Waals surface area contributed by atoms with Gasteiger partial charge in [0.05, 0.1) is 5.02 Å². The number of carbonyl (C=O) groups excluding carboxylic acids is 1. The van der Waals surface area contributed by atoms with Crippen molar-refractivity contribution in [3.8, 4) is 0 Å². The highest BCUT2D eigenvalue weighted by atomic mass is 35.5. The number of nitrogens with one attached hydrogen (secondary N) is 1. The van der Waals surface area contributed by atoms with E-state index in [1.807, 2.05) is 6.92 Å². The van der Waals surface area contributed by atoms with Gasteiger partial charge in [0, 0.05) is 20.1 Å². The molecule has 5 heteroatoms. The summed E-state index contributed by atoms with van der Waals surface area (Å²) in [4.78, 5) is 18.0.